The second-order valence-electron chi connectivity index (χ2n) is 7.14. The van der Waals surface area contributed by atoms with Gasteiger partial charge in [0.25, 0.3) is 5.91 Å². The van der Waals surface area contributed by atoms with Gasteiger partial charge in [-0.1, -0.05) is 30.4 Å². The molecule has 0 radical (unpaired) electrons. The first-order valence-corrected chi connectivity index (χ1v) is 10.2. The second-order valence-corrected chi connectivity index (χ2v) is 8.14. The van der Waals surface area contributed by atoms with Gasteiger partial charge in [-0.05, 0) is 30.5 Å². The van der Waals surface area contributed by atoms with Crippen molar-refractivity contribution in [3.05, 3.63) is 52.2 Å². The Labute approximate surface area is 171 Å². The third-order valence-electron chi connectivity index (χ3n) is 5.15. The number of pyridine rings is 1. The highest BCUT2D eigenvalue weighted by molar-refractivity contribution is 7.21. The summed E-state index contributed by atoms with van der Waals surface area (Å²) in [6.07, 6.45) is 5.27. The van der Waals surface area contributed by atoms with Crippen molar-refractivity contribution < 1.29 is 9.18 Å². The summed E-state index contributed by atoms with van der Waals surface area (Å²) in [5.74, 6) is -0.106. The van der Waals surface area contributed by atoms with Crippen LogP contribution >= 0.6 is 11.3 Å². The van der Waals surface area contributed by atoms with E-state index in [1.54, 1.807) is 30.4 Å². The van der Waals surface area contributed by atoms with Gasteiger partial charge in [0.1, 0.15) is 21.3 Å². The number of hydrogen-bond acceptors (Lipinski definition) is 6. The summed E-state index contributed by atoms with van der Waals surface area (Å²) >= 11 is 1.18. The molecule has 1 saturated heterocycles. The van der Waals surface area contributed by atoms with Gasteiger partial charge in [0, 0.05) is 30.1 Å². The van der Waals surface area contributed by atoms with E-state index in [0.717, 1.165) is 37.3 Å². The van der Waals surface area contributed by atoms with E-state index in [4.69, 9.17) is 22.2 Å². The molecule has 0 atom stereocenters. The highest BCUT2D eigenvalue weighted by Crippen LogP contribution is 2.37. The lowest BCUT2D eigenvalue weighted by atomic mass is 10.0. The van der Waals surface area contributed by atoms with E-state index in [2.05, 4.69) is 4.90 Å². The molecule has 1 aliphatic rings. The second kappa shape index (κ2) is 7.81. The molecule has 1 fully saturated rings. The molecule has 0 unspecified atom stereocenters. The molecule has 3 aromatic rings. The molecule has 150 valence electrons. The summed E-state index contributed by atoms with van der Waals surface area (Å²) in [6.45, 7) is 1.61. The van der Waals surface area contributed by atoms with E-state index in [-0.39, 0.29) is 16.7 Å². The molecular formula is C21H22FN5OS. The summed E-state index contributed by atoms with van der Waals surface area (Å²) in [6, 6.07) is 8.65. The molecule has 0 spiro atoms. The smallest absolute Gasteiger partial charge is 0.260 e. The Balaban J connectivity index is 1.83. The normalized spacial score (nSPS) is 15.4. The number of piperidine rings is 1. The van der Waals surface area contributed by atoms with Crippen LogP contribution in [0.1, 0.15) is 33.6 Å². The molecule has 6 N–H and O–H groups in total. The lowest BCUT2D eigenvalue weighted by Gasteiger charge is -2.31. The fourth-order valence-electron chi connectivity index (χ4n) is 3.53. The summed E-state index contributed by atoms with van der Waals surface area (Å²) in [4.78, 5) is 19.6. The van der Waals surface area contributed by atoms with E-state index in [1.807, 2.05) is 6.07 Å². The van der Waals surface area contributed by atoms with Gasteiger partial charge in [0.2, 0.25) is 0 Å². The molecule has 1 amide bonds. The predicted octanol–water partition coefficient (Wildman–Crippen LogP) is 3.21. The van der Waals surface area contributed by atoms with E-state index in [0.29, 0.717) is 21.5 Å². The van der Waals surface area contributed by atoms with Crippen LogP contribution in [0, 0.1) is 5.82 Å². The maximum absolute atomic E-state index is 14.0. The van der Waals surface area contributed by atoms with Gasteiger partial charge in [-0.2, -0.15) is 0 Å². The largest absolute Gasteiger partial charge is 0.397 e. The average Bonchev–Trinajstić information content (AvgIpc) is 3.05. The van der Waals surface area contributed by atoms with Crippen molar-refractivity contribution in [3.63, 3.8) is 0 Å². The number of nitrogen functional groups attached to an aromatic ring is 1. The Hall–Kier alpha value is -2.97. The molecule has 2 aromatic heterocycles. The number of primary amides is 1. The van der Waals surface area contributed by atoms with Gasteiger partial charge in [-0.15, -0.1) is 11.3 Å². The van der Waals surface area contributed by atoms with Crippen LogP contribution in [0.2, 0.25) is 0 Å². The maximum atomic E-state index is 14.0. The van der Waals surface area contributed by atoms with Gasteiger partial charge in [0.05, 0.1) is 5.69 Å². The van der Waals surface area contributed by atoms with Crippen molar-refractivity contribution in [2.45, 2.75) is 18.9 Å². The van der Waals surface area contributed by atoms with E-state index >= 15 is 0 Å². The van der Waals surface area contributed by atoms with Crippen LogP contribution in [0.4, 0.5) is 15.9 Å². The molecular weight excluding hydrogens is 389 g/mol. The number of halogens is 1. The fourth-order valence-corrected chi connectivity index (χ4v) is 4.51. The van der Waals surface area contributed by atoms with Crippen LogP contribution in [0.3, 0.4) is 0 Å². The molecule has 6 nitrogen and oxygen atoms in total. The zero-order valence-corrected chi connectivity index (χ0v) is 16.6. The highest BCUT2D eigenvalue weighted by atomic mass is 32.1. The first-order valence-electron chi connectivity index (χ1n) is 9.40. The third kappa shape index (κ3) is 3.81. The maximum Gasteiger partial charge on any atom is 0.260 e. The lowest BCUT2D eigenvalue weighted by molar-refractivity contribution is 0.100. The number of anilines is 2. The molecule has 0 aliphatic carbocycles. The van der Waals surface area contributed by atoms with Crippen molar-refractivity contribution in [1.29, 1.82) is 0 Å². The number of amides is 1. The van der Waals surface area contributed by atoms with Gasteiger partial charge in [0.15, 0.2) is 0 Å². The average molecular weight is 412 g/mol. The molecule has 29 heavy (non-hydrogen) atoms. The van der Waals surface area contributed by atoms with Gasteiger partial charge in [-0.3, -0.25) is 4.79 Å². The minimum atomic E-state index is -0.583. The number of fused-ring (bicyclic) bond motifs is 1. The number of thiophene rings is 1. The van der Waals surface area contributed by atoms with Crippen LogP contribution in [-0.2, 0) is 0 Å². The minimum Gasteiger partial charge on any atom is -0.397 e. The molecule has 1 aliphatic heterocycles. The molecule has 3 heterocycles. The molecule has 0 saturated carbocycles. The van der Waals surface area contributed by atoms with Crippen molar-refractivity contribution in [2.75, 3.05) is 23.7 Å². The van der Waals surface area contributed by atoms with Crippen molar-refractivity contribution in [3.8, 4) is 0 Å². The lowest BCUT2D eigenvalue weighted by Crippen LogP contribution is -2.40. The van der Waals surface area contributed by atoms with Crippen LogP contribution in [-0.4, -0.2) is 30.0 Å². The first-order chi connectivity index (χ1) is 13.9. The Kier molecular flexibility index (Phi) is 5.21. The molecule has 1 aromatic carbocycles. The number of nitrogens with two attached hydrogens (primary N) is 3. The SMILES string of the molecule is NC(=O)c1sc2nc(N3CCC(N)CC3)cc(C=Cc3ccccc3F)c2c1N. The van der Waals surface area contributed by atoms with Crippen LogP contribution in [0.15, 0.2) is 30.3 Å². The van der Waals surface area contributed by atoms with Crippen molar-refractivity contribution >= 4 is 51.1 Å². The summed E-state index contributed by atoms with van der Waals surface area (Å²) in [5, 5.41) is 0.661. The fraction of sp³-hybridized carbons (Fsp3) is 0.238. The third-order valence-corrected chi connectivity index (χ3v) is 6.26. The van der Waals surface area contributed by atoms with Gasteiger partial charge in [-0.25, -0.2) is 9.37 Å². The van der Waals surface area contributed by atoms with Gasteiger partial charge >= 0.3 is 0 Å². The Morgan fingerprint density at radius 1 is 1.21 bits per heavy atom. The number of rotatable bonds is 4. The number of aromatic nitrogens is 1. The number of carbonyl (C=O) groups excluding carboxylic acids is 1. The van der Waals surface area contributed by atoms with E-state index in [9.17, 15) is 9.18 Å². The minimum absolute atomic E-state index is 0.203. The summed E-state index contributed by atoms with van der Waals surface area (Å²) in [5.41, 5.74) is 19.3. The summed E-state index contributed by atoms with van der Waals surface area (Å²) in [7, 11) is 0. The zero-order chi connectivity index (χ0) is 20.5. The Morgan fingerprint density at radius 3 is 2.59 bits per heavy atom. The number of hydrogen-bond donors (Lipinski definition) is 3. The van der Waals surface area contributed by atoms with Crippen molar-refractivity contribution in [1.82, 2.24) is 4.98 Å². The molecule has 4 rings (SSSR count). The standard InChI is InChI=1S/C21H22FN5OS/c22-15-4-2-1-3-12(15)5-6-13-11-16(27-9-7-14(23)8-10-27)26-21-17(13)18(24)19(29-21)20(25)28/h1-6,11,14H,7-10,23-24H2,(H2,25,28). The Morgan fingerprint density at radius 2 is 1.90 bits per heavy atom. The molecule has 0 bridgehead atoms. The summed E-state index contributed by atoms with van der Waals surface area (Å²) < 4.78 is 14.0. The van der Waals surface area contributed by atoms with Crippen LogP contribution < -0.4 is 22.1 Å². The van der Waals surface area contributed by atoms with E-state index in [1.165, 1.54) is 17.4 Å². The number of benzene rings is 1. The first kappa shape index (κ1) is 19.4. The quantitative estimate of drug-likeness (QED) is 0.610. The highest BCUT2D eigenvalue weighted by Gasteiger charge is 2.22. The van der Waals surface area contributed by atoms with Crippen LogP contribution in [0.5, 0.6) is 0 Å². The number of nitrogens with zero attached hydrogens (tertiary/aromatic N) is 2. The zero-order valence-electron chi connectivity index (χ0n) is 15.8. The number of carbonyl (C=O) groups is 1. The van der Waals surface area contributed by atoms with E-state index < -0.39 is 5.91 Å². The predicted molar refractivity (Wildman–Crippen MR) is 117 cm³/mol. The van der Waals surface area contributed by atoms with Crippen molar-refractivity contribution in [2.24, 2.45) is 11.5 Å². The van der Waals surface area contributed by atoms with Crippen LogP contribution in [0.25, 0.3) is 22.4 Å². The molecule has 8 heteroatoms. The van der Waals surface area contributed by atoms with Gasteiger partial charge < -0.3 is 22.1 Å². The Bertz CT molecular complexity index is 1100. The monoisotopic (exact) mass is 411 g/mol. The topological polar surface area (TPSA) is 111 Å².